The lowest BCUT2D eigenvalue weighted by Gasteiger charge is -2.31. The lowest BCUT2D eigenvalue weighted by Crippen LogP contribution is -2.37. The second kappa shape index (κ2) is 6.68. The average molecular weight is 403 g/mol. The van der Waals surface area contributed by atoms with Gasteiger partial charge in [0.25, 0.3) is 0 Å². The van der Waals surface area contributed by atoms with Crippen LogP contribution in [-0.2, 0) is 13.6 Å². The Balaban J connectivity index is 1.46. The van der Waals surface area contributed by atoms with Gasteiger partial charge in [-0.3, -0.25) is 4.68 Å². The number of ether oxygens (including phenoxy) is 1. The number of pyridine rings is 1. The lowest BCUT2D eigenvalue weighted by molar-refractivity contribution is 0.276. The van der Waals surface area contributed by atoms with Gasteiger partial charge in [-0.1, -0.05) is 0 Å². The van der Waals surface area contributed by atoms with E-state index in [0.29, 0.717) is 24.1 Å². The van der Waals surface area contributed by atoms with Gasteiger partial charge >= 0.3 is 0 Å². The van der Waals surface area contributed by atoms with Crippen LogP contribution in [0.25, 0.3) is 22.3 Å². The van der Waals surface area contributed by atoms with E-state index in [1.807, 2.05) is 25.4 Å². The van der Waals surface area contributed by atoms with E-state index in [9.17, 15) is 0 Å². The van der Waals surface area contributed by atoms with Crippen LogP contribution in [0.15, 0.2) is 30.7 Å². The number of fused-ring (bicyclic) bond motifs is 5. The molecule has 10 heteroatoms. The van der Waals surface area contributed by atoms with Crippen molar-refractivity contribution < 1.29 is 4.74 Å². The molecule has 30 heavy (non-hydrogen) atoms. The summed E-state index contributed by atoms with van der Waals surface area (Å²) in [5, 5.41) is 13.6. The maximum Gasteiger partial charge on any atom is 0.222 e. The number of aromatic nitrogens is 7. The van der Waals surface area contributed by atoms with Crippen molar-refractivity contribution in [3.8, 4) is 17.3 Å². The van der Waals surface area contributed by atoms with E-state index in [4.69, 9.17) is 9.84 Å². The van der Waals surface area contributed by atoms with E-state index >= 15 is 0 Å². The molecule has 0 aromatic carbocycles. The van der Waals surface area contributed by atoms with Crippen molar-refractivity contribution in [2.75, 3.05) is 29.9 Å². The van der Waals surface area contributed by atoms with Crippen LogP contribution < -0.4 is 15.0 Å². The molecule has 0 aliphatic carbocycles. The minimum Gasteiger partial charge on any atom is -0.477 e. The minimum absolute atomic E-state index is 0.544. The van der Waals surface area contributed by atoms with Crippen LogP contribution in [0, 0.1) is 0 Å². The Labute approximate surface area is 172 Å². The van der Waals surface area contributed by atoms with Crippen LogP contribution >= 0.6 is 0 Å². The van der Waals surface area contributed by atoms with E-state index in [2.05, 4.69) is 34.9 Å². The number of rotatable bonds is 1. The van der Waals surface area contributed by atoms with Gasteiger partial charge in [-0.2, -0.15) is 10.2 Å². The Morgan fingerprint density at radius 3 is 2.87 bits per heavy atom. The summed E-state index contributed by atoms with van der Waals surface area (Å²) in [6, 6.07) is 3.86. The topological polar surface area (TPSA) is 98.8 Å². The molecule has 152 valence electrons. The van der Waals surface area contributed by atoms with E-state index in [-0.39, 0.29) is 0 Å². The van der Waals surface area contributed by atoms with Crippen molar-refractivity contribution in [1.82, 2.24) is 34.5 Å². The van der Waals surface area contributed by atoms with Gasteiger partial charge in [0, 0.05) is 51.6 Å². The first-order valence-electron chi connectivity index (χ1n) is 10.1. The van der Waals surface area contributed by atoms with E-state index < -0.39 is 0 Å². The highest BCUT2D eigenvalue weighted by molar-refractivity contribution is 5.92. The Morgan fingerprint density at radius 1 is 1.07 bits per heavy atom. The Bertz CT molecular complexity index is 1240. The fraction of sp³-hybridized carbons (Fsp3) is 0.350. The zero-order valence-corrected chi connectivity index (χ0v) is 16.6. The predicted octanol–water partition coefficient (Wildman–Crippen LogP) is 2.36. The summed E-state index contributed by atoms with van der Waals surface area (Å²) in [5.74, 6) is 3.62. The molecule has 0 amide bonds. The Morgan fingerprint density at radius 2 is 2.00 bits per heavy atom. The molecule has 10 nitrogen and oxygen atoms in total. The molecule has 1 fully saturated rings. The monoisotopic (exact) mass is 403 g/mol. The molecule has 0 saturated carbocycles. The van der Waals surface area contributed by atoms with Gasteiger partial charge in [0.15, 0.2) is 11.6 Å². The normalized spacial score (nSPS) is 15.8. The zero-order chi connectivity index (χ0) is 20.1. The summed E-state index contributed by atoms with van der Waals surface area (Å²) >= 11 is 0. The van der Waals surface area contributed by atoms with Crippen molar-refractivity contribution in [3.63, 3.8) is 0 Å². The summed E-state index contributed by atoms with van der Waals surface area (Å²) in [7, 11) is 1.86. The number of anilines is 3. The fourth-order valence-corrected chi connectivity index (χ4v) is 3.88. The summed E-state index contributed by atoms with van der Waals surface area (Å²) in [5.41, 5.74) is 1.82. The summed E-state index contributed by atoms with van der Waals surface area (Å²) in [6.45, 7) is 3.38. The first-order valence-corrected chi connectivity index (χ1v) is 10.1. The van der Waals surface area contributed by atoms with Gasteiger partial charge in [-0.05, 0) is 12.5 Å². The van der Waals surface area contributed by atoms with Crippen LogP contribution in [0.3, 0.4) is 0 Å². The van der Waals surface area contributed by atoms with Gasteiger partial charge in [0.2, 0.25) is 5.88 Å². The standard InChI is InChI=1S/C20H21N9O/c1-27-20-14(12-23-27)18-21-5-4-16(25-18)24-17-10-15-13(11-22-17)19(28-6-2-7-28)26-29(15)8-3-9-30-20/h4-5,10-12H,2-3,6-9H2,1H3,(H,21,22,24,25). The molecule has 4 aromatic rings. The molecular formula is C20H21N9O. The SMILES string of the molecule is Cn1ncc2c1OCCCn1nc(N3CCC3)c3cnc(cc31)Nc1ccnc-2n1. The van der Waals surface area contributed by atoms with Crippen LogP contribution in [0.1, 0.15) is 12.8 Å². The summed E-state index contributed by atoms with van der Waals surface area (Å²) in [6.07, 6.45) is 7.37. The van der Waals surface area contributed by atoms with E-state index in [0.717, 1.165) is 54.2 Å². The maximum atomic E-state index is 6.07. The van der Waals surface area contributed by atoms with Gasteiger partial charge in [-0.25, -0.2) is 19.6 Å². The van der Waals surface area contributed by atoms with E-state index in [1.54, 1.807) is 17.1 Å². The third-order valence-corrected chi connectivity index (χ3v) is 5.56. The van der Waals surface area contributed by atoms with Crippen LogP contribution in [0.2, 0.25) is 0 Å². The molecular weight excluding hydrogens is 382 g/mol. The molecule has 6 rings (SSSR count). The van der Waals surface area contributed by atoms with E-state index in [1.165, 1.54) is 6.42 Å². The number of hydrogen-bond acceptors (Lipinski definition) is 8. The van der Waals surface area contributed by atoms with Gasteiger partial charge < -0.3 is 15.0 Å². The highest BCUT2D eigenvalue weighted by atomic mass is 16.5. The summed E-state index contributed by atoms with van der Waals surface area (Å²) in [4.78, 5) is 16.0. The number of nitrogens with one attached hydrogen (secondary N) is 1. The van der Waals surface area contributed by atoms with Gasteiger partial charge in [0.1, 0.15) is 17.2 Å². The molecule has 1 N–H and O–H groups in total. The first kappa shape index (κ1) is 17.2. The molecule has 4 aromatic heterocycles. The number of aryl methyl sites for hydroxylation is 2. The first-order chi connectivity index (χ1) is 14.8. The molecule has 1 saturated heterocycles. The van der Waals surface area contributed by atoms with Crippen molar-refractivity contribution in [1.29, 1.82) is 0 Å². The third kappa shape index (κ3) is 2.75. The maximum absolute atomic E-state index is 6.07. The third-order valence-electron chi connectivity index (χ3n) is 5.56. The van der Waals surface area contributed by atoms with Crippen LogP contribution in [0.4, 0.5) is 17.5 Å². The van der Waals surface area contributed by atoms with Crippen molar-refractivity contribution in [2.45, 2.75) is 19.4 Å². The molecule has 2 aliphatic heterocycles. The number of hydrogen-bond donors (Lipinski definition) is 1. The molecule has 0 atom stereocenters. The molecule has 0 unspecified atom stereocenters. The quantitative estimate of drug-likeness (QED) is 0.517. The molecule has 4 bridgehead atoms. The largest absolute Gasteiger partial charge is 0.477 e. The summed E-state index contributed by atoms with van der Waals surface area (Å²) < 4.78 is 9.84. The second-order valence-electron chi connectivity index (χ2n) is 7.55. The molecule has 2 aliphatic rings. The Hall–Kier alpha value is -3.69. The minimum atomic E-state index is 0.544. The lowest BCUT2D eigenvalue weighted by atomic mass is 10.2. The predicted molar refractivity (Wildman–Crippen MR) is 112 cm³/mol. The van der Waals surface area contributed by atoms with Crippen LogP contribution in [-0.4, -0.2) is 54.2 Å². The zero-order valence-electron chi connectivity index (χ0n) is 16.6. The highest BCUT2D eigenvalue weighted by Crippen LogP contribution is 2.32. The molecule has 0 spiro atoms. The second-order valence-corrected chi connectivity index (χ2v) is 7.55. The molecule has 6 heterocycles. The van der Waals surface area contributed by atoms with Crippen molar-refractivity contribution in [2.24, 2.45) is 7.05 Å². The smallest absolute Gasteiger partial charge is 0.222 e. The van der Waals surface area contributed by atoms with Crippen LogP contribution in [0.5, 0.6) is 5.88 Å². The fourth-order valence-electron chi connectivity index (χ4n) is 3.88. The Kier molecular flexibility index (Phi) is 3.83. The average Bonchev–Trinajstić information content (AvgIpc) is 3.24. The van der Waals surface area contributed by atoms with Crippen molar-refractivity contribution in [3.05, 3.63) is 30.7 Å². The van der Waals surface area contributed by atoms with Crippen molar-refractivity contribution >= 4 is 28.4 Å². The highest BCUT2D eigenvalue weighted by Gasteiger charge is 2.22. The molecule has 0 radical (unpaired) electrons. The van der Waals surface area contributed by atoms with Gasteiger partial charge in [0.05, 0.1) is 23.7 Å². The number of nitrogens with zero attached hydrogens (tertiary/aromatic N) is 8. The van der Waals surface area contributed by atoms with Gasteiger partial charge in [-0.15, -0.1) is 0 Å².